The average molecular weight is 504 g/mol. The number of aromatic nitrogens is 2. The van der Waals surface area contributed by atoms with Crippen LogP contribution in [-0.2, 0) is 24.2 Å². The first kappa shape index (κ1) is 26.6. The zero-order valence-corrected chi connectivity index (χ0v) is 21.8. The maximum atomic E-state index is 11.8. The van der Waals surface area contributed by atoms with Crippen LogP contribution < -0.4 is 9.64 Å². The highest BCUT2D eigenvalue weighted by molar-refractivity contribution is 5.88. The molecule has 0 unspecified atom stereocenters. The van der Waals surface area contributed by atoms with Gasteiger partial charge in [0.2, 0.25) is 5.95 Å². The molecule has 0 saturated carbocycles. The molecule has 7 nitrogen and oxygen atoms in total. The van der Waals surface area contributed by atoms with Gasteiger partial charge >= 0.3 is 5.97 Å². The van der Waals surface area contributed by atoms with Gasteiger partial charge in [-0.1, -0.05) is 56.3 Å². The predicted molar refractivity (Wildman–Crippen MR) is 144 cm³/mol. The van der Waals surface area contributed by atoms with E-state index >= 15 is 0 Å². The molecule has 2 aromatic carbocycles. The number of carboxylic acids is 1. The van der Waals surface area contributed by atoms with Gasteiger partial charge in [0.15, 0.2) is 0 Å². The molecule has 3 aromatic rings. The molecule has 1 aliphatic heterocycles. The summed E-state index contributed by atoms with van der Waals surface area (Å²) in [5, 5.41) is 9.68. The van der Waals surface area contributed by atoms with Gasteiger partial charge in [-0.3, -0.25) is 0 Å². The summed E-state index contributed by atoms with van der Waals surface area (Å²) in [7, 11) is 0. The number of piperidine rings is 1. The quantitative estimate of drug-likeness (QED) is 0.353. The summed E-state index contributed by atoms with van der Waals surface area (Å²) in [4.78, 5) is 23.1. The number of carboxylic acid groups (broad SMARTS) is 1. The van der Waals surface area contributed by atoms with Crippen LogP contribution >= 0.6 is 0 Å². The van der Waals surface area contributed by atoms with Gasteiger partial charge in [-0.05, 0) is 60.8 Å². The van der Waals surface area contributed by atoms with E-state index in [4.69, 9.17) is 14.5 Å². The minimum atomic E-state index is -0.992. The van der Waals surface area contributed by atoms with Crippen molar-refractivity contribution in [2.24, 2.45) is 11.8 Å². The molecule has 7 heteroatoms. The van der Waals surface area contributed by atoms with Gasteiger partial charge in [0.1, 0.15) is 5.75 Å². The molecular weight excluding hydrogens is 466 g/mol. The second-order valence-electron chi connectivity index (χ2n) is 10.1. The lowest BCUT2D eigenvalue weighted by Gasteiger charge is -2.32. The van der Waals surface area contributed by atoms with E-state index in [2.05, 4.69) is 35.9 Å². The Morgan fingerprint density at radius 1 is 1.03 bits per heavy atom. The van der Waals surface area contributed by atoms with Gasteiger partial charge in [0, 0.05) is 25.9 Å². The van der Waals surface area contributed by atoms with Gasteiger partial charge in [-0.15, -0.1) is 0 Å². The number of aromatic carboxylic acids is 1. The number of aryl methyl sites for hydroxylation is 2. The van der Waals surface area contributed by atoms with Crippen LogP contribution in [0.15, 0.2) is 60.8 Å². The van der Waals surface area contributed by atoms with Crippen LogP contribution in [-0.4, -0.2) is 47.3 Å². The third kappa shape index (κ3) is 8.02. The van der Waals surface area contributed by atoms with Gasteiger partial charge in [0.05, 0.1) is 24.5 Å². The monoisotopic (exact) mass is 503 g/mol. The minimum Gasteiger partial charge on any atom is -0.493 e. The van der Waals surface area contributed by atoms with Crippen molar-refractivity contribution in [1.82, 2.24) is 9.97 Å². The molecule has 4 rings (SSSR count). The van der Waals surface area contributed by atoms with Crippen molar-refractivity contribution in [3.8, 4) is 5.75 Å². The number of nitrogens with zero attached hydrogens (tertiary/aromatic N) is 3. The lowest BCUT2D eigenvalue weighted by molar-refractivity contribution is 0.0694. The standard InChI is InChI=1S/C30H37N3O4/c1-22(2)19-37-26-11-8-23(9-12-26)10-13-28-27(29(34)35)18-31-30(32-28)33-16-14-25(15-17-33)21-36-20-24-6-4-3-5-7-24/h3-9,11-12,18,22,25H,10,13-17,19-21H2,1-2H3,(H,34,35). The number of rotatable bonds is 12. The highest BCUT2D eigenvalue weighted by Gasteiger charge is 2.23. The Kier molecular flexibility index (Phi) is 9.49. The zero-order valence-electron chi connectivity index (χ0n) is 21.8. The lowest BCUT2D eigenvalue weighted by atomic mass is 9.98. The molecule has 1 saturated heterocycles. The fourth-order valence-electron chi connectivity index (χ4n) is 4.42. The topological polar surface area (TPSA) is 84.8 Å². The van der Waals surface area contributed by atoms with Crippen molar-refractivity contribution in [3.05, 3.63) is 83.2 Å². The highest BCUT2D eigenvalue weighted by atomic mass is 16.5. The Morgan fingerprint density at radius 3 is 2.43 bits per heavy atom. The summed E-state index contributed by atoms with van der Waals surface area (Å²) >= 11 is 0. The van der Waals surface area contributed by atoms with Gasteiger partial charge in [0.25, 0.3) is 0 Å². The normalized spacial score (nSPS) is 14.2. The van der Waals surface area contributed by atoms with Crippen LogP contribution in [0.4, 0.5) is 5.95 Å². The van der Waals surface area contributed by atoms with Crippen LogP contribution in [0.25, 0.3) is 0 Å². The first-order valence-corrected chi connectivity index (χ1v) is 13.2. The van der Waals surface area contributed by atoms with E-state index in [1.807, 2.05) is 42.5 Å². The molecule has 0 bridgehead atoms. The van der Waals surface area contributed by atoms with E-state index in [0.29, 0.717) is 49.5 Å². The summed E-state index contributed by atoms with van der Waals surface area (Å²) in [5.41, 5.74) is 3.05. The number of hydrogen-bond acceptors (Lipinski definition) is 6. The average Bonchev–Trinajstić information content (AvgIpc) is 2.92. The van der Waals surface area contributed by atoms with Crippen LogP contribution in [0.5, 0.6) is 5.75 Å². The molecule has 0 atom stereocenters. The lowest BCUT2D eigenvalue weighted by Crippen LogP contribution is -2.36. The Balaban J connectivity index is 1.31. The van der Waals surface area contributed by atoms with Crippen LogP contribution in [0.3, 0.4) is 0 Å². The first-order chi connectivity index (χ1) is 18.0. The summed E-state index contributed by atoms with van der Waals surface area (Å²) in [6.07, 6.45) is 4.69. The molecule has 0 amide bonds. The number of benzene rings is 2. The number of hydrogen-bond donors (Lipinski definition) is 1. The van der Waals surface area contributed by atoms with Crippen molar-refractivity contribution < 1.29 is 19.4 Å². The van der Waals surface area contributed by atoms with Crippen LogP contribution in [0, 0.1) is 11.8 Å². The van der Waals surface area contributed by atoms with E-state index < -0.39 is 5.97 Å². The SMILES string of the molecule is CC(C)COc1ccc(CCc2nc(N3CCC(COCc4ccccc4)CC3)ncc2C(=O)O)cc1. The number of carbonyl (C=O) groups is 1. The molecular formula is C30H37N3O4. The van der Waals surface area contributed by atoms with Crippen molar-refractivity contribution in [1.29, 1.82) is 0 Å². The summed E-state index contributed by atoms with van der Waals surface area (Å²) in [6, 6.07) is 18.2. The Hall–Kier alpha value is -3.45. The third-order valence-corrected chi connectivity index (χ3v) is 6.61. The maximum Gasteiger partial charge on any atom is 0.339 e. The fraction of sp³-hybridized carbons (Fsp3) is 0.433. The van der Waals surface area contributed by atoms with Crippen molar-refractivity contribution in [2.45, 2.75) is 46.1 Å². The molecule has 2 heterocycles. The Morgan fingerprint density at radius 2 is 1.76 bits per heavy atom. The predicted octanol–water partition coefficient (Wildman–Crippen LogP) is 5.43. The largest absolute Gasteiger partial charge is 0.493 e. The molecule has 0 radical (unpaired) electrons. The van der Waals surface area contributed by atoms with E-state index in [9.17, 15) is 9.90 Å². The highest BCUT2D eigenvalue weighted by Crippen LogP contribution is 2.23. The van der Waals surface area contributed by atoms with E-state index in [0.717, 1.165) is 43.9 Å². The molecule has 0 aliphatic carbocycles. The van der Waals surface area contributed by atoms with Crippen molar-refractivity contribution in [3.63, 3.8) is 0 Å². The van der Waals surface area contributed by atoms with Crippen molar-refractivity contribution in [2.75, 3.05) is 31.2 Å². The third-order valence-electron chi connectivity index (χ3n) is 6.61. The van der Waals surface area contributed by atoms with Gasteiger partial charge in [-0.2, -0.15) is 0 Å². The van der Waals surface area contributed by atoms with E-state index in [-0.39, 0.29) is 5.56 Å². The molecule has 0 spiro atoms. The molecule has 1 aliphatic rings. The summed E-state index contributed by atoms with van der Waals surface area (Å²) in [6.45, 7) is 7.98. The van der Waals surface area contributed by atoms with Crippen LogP contribution in [0.1, 0.15) is 53.9 Å². The van der Waals surface area contributed by atoms with Crippen LogP contribution in [0.2, 0.25) is 0 Å². The molecule has 1 aromatic heterocycles. The first-order valence-electron chi connectivity index (χ1n) is 13.2. The minimum absolute atomic E-state index is 0.171. The Labute approximate surface area is 219 Å². The molecule has 1 fully saturated rings. The number of anilines is 1. The van der Waals surface area contributed by atoms with Crippen molar-refractivity contribution >= 4 is 11.9 Å². The van der Waals surface area contributed by atoms with Gasteiger partial charge in [-0.25, -0.2) is 14.8 Å². The zero-order chi connectivity index (χ0) is 26.0. The smallest absolute Gasteiger partial charge is 0.339 e. The fourth-order valence-corrected chi connectivity index (χ4v) is 4.42. The van der Waals surface area contributed by atoms with E-state index in [1.165, 1.54) is 11.8 Å². The molecule has 196 valence electrons. The molecule has 37 heavy (non-hydrogen) atoms. The van der Waals surface area contributed by atoms with Gasteiger partial charge < -0.3 is 19.5 Å². The van der Waals surface area contributed by atoms with E-state index in [1.54, 1.807) is 0 Å². The second-order valence-corrected chi connectivity index (χ2v) is 10.1. The summed E-state index contributed by atoms with van der Waals surface area (Å²) in [5.74, 6) is 1.45. The number of ether oxygens (including phenoxy) is 2. The second kappa shape index (κ2) is 13.2. The molecule has 1 N–H and O–H groups in total. The summed E-state index contributed by atoms with van der Waals surface area (Å²) < 4.78 is 11.7. The Bertz CT molecular complexity index is 1130. The maximum absolute atomic E-state index is 11.8.